The third-order valence-electron chi connectivity index (χ3n) is 3.64. The van der Waals surface area contributed by atoms with Gasteiger partial charge < -0.3 is 0 Å². The van der Waals surface area contributed by atoms with Crippen LogP contribution < -0.4 is 0 Å². The predicted octanol–water partition coefficient (Wildman–Crippen LogP) is 2.40. The van der Waals surface area contributed by atoms with E-state index in [1.165, 1.54) is 24.1 Å². The number of benzene rings is 2. The van der Waals surface area contributed by atoms with Gasteiger partial charge in [-0.2, -0.15) is 0 Å². The highest BCUT2D eigenvalue weighted by atomic mass is 32.2. The normalized spacial score (nSPS) is 12.5. The molecule has 0 N–H and O–H groups in total. The van der Waals surface area contributed by atoms with Crippen molar-refractivity contribution in [3.05, 3.63) is 59.7 Å². The average Bonchev–Trinajstić information content (AvgIpc) is 2.46. The summed E-state index contributed by atoms with van der Waals surface area (Å²) in [6, 6.07) is 13.4. The van der Waals surface area contributed by atoms with E-state index < -0.39 is 19.7 Å². The van der Waals surface area contributed by atoms with Crippen LogP contribution in [0.3, 0.4) is 0 Å². The summed E-state index contributed by atoms with van der Waals surface area (Å²) in [6.07, 6.45) is 0. The molecule has 0 amide bonds. The van der Waals surface area contributed by atoms with Crippen molar-refractivity contribution in [2.75, 3.05) is 18.8 Å². The maximum Gasteiger partial charge on any atom is 0.191 e. The molecule has 0 spiro atoms. The Labute approximate surface area is 143 Å². The minimum absolute atomic E-state index is 0.227. The molecule has 0 atom stereocenters. The predicted molar refractivity (Wildman–Crippen MR) is 94.2 cm³/mol. The van der Waals surface area contributed by atoms with Gasteiger partial charge >= 0.3 is 0 Å². The maximum atomic E-state index is 12.5. The molecule has 5 nitrogen and oxygen atoms in total. The standard InChI is InChI=1S/C17H21NO4S2/c1-14-8-4-6-10-16(14)23(19,20)12-18(3)13-24(21,22)17-11-7-5-9-15(17)2/h4-11H,12-13H2,1-3H3. The van der Waals surface area contributed by atoms with Crippen LogP contribution in [0, 0.1) is 13.8 Å². The van der Waals surface area contributed by atoms with Gasteiger partial charge in [-0.05, 0) is 44.2 Å². The van der Waals surface area contributed by atoms with Crippen LogP contribution in [0.4, 0.5) is 0 Å². The third-order valence-corrected chi connectivity index (χ3v) is 7.46. The second-order valence-electron chi connectivity index (χ2n) is 5.87. The van der Waals surface area contributed by atoms with Crippen LogP contribution in [0.2, 0.25) is 0 Å². The highest BCUT2D eigenvalue weighted by molar-refractivity contribution is 7.92. The lowest BCUT2D eigenvalue weighted by molar-refractivity contribution is 0.429. The highest BCUT2D eigenvalue weighted by Gasteiger charge is 2.24. The molecule has 0 aromatic heterocycles. The fourth-order valence-corrected chi connectivity index (χ4v) is 5.99. The maximum absolute atomic E-state index is 12.5. The van der Waals surface area contributed by atoms with Crippen LogP contribution in [0.25, 0.3) is 0 Å². The van der Waals surface area contributed by atoms with E-state index in [9.17, 15) is 16.8 Å². The SMILES string of the molecule is Cc1ccccc1S(=O)(=O)CN(C)CS(=O)(=O)c1ccccc1C. The summed E-state index contributed by atoms with van der Waals surface area (Å²) in [4.78, 5) is 1.76. The molecule has 130 valence electrons. The molecule has 2 rings (SSSR count). The Bertz CT molecular complexity index is 857. The first-order valence-electron chi connectivity index (χ1n) is 7.39. The molecule has 0 aliphatic carbocycles. The minimum atomic E-state index is -3.59. The molecule has 0 bridgehead atoms. The molecule has 0 unspecified atom stereocenters. The van der Waals surface area contributed by atoms with E-state index in [1.807, 2.05) is 0 Å². The summed E-state index contributed by atoms with van der Waals surface area (Å²) in [5.74, 6) is -0.716. The Hall–Kier alpha value is -1.70. The van der Waals surface area contributed by atoms with Crippen molar-refractivity contribution in [1.29, 1.82) is 0 Å². The molecule has 24 heavy (non-hydrogen) atoms. The van der Waals surface area contributed by atoms with E-state index >= 15 is 0 Å². The summed E-state index contributed by atoms with van der Waals surface area (Å²) in [6.45, 7) is 3.44. The lowest BCUT2D eigenvalue weighted by Crippen LogP contribution is -2.31. The fraction of sp³-hybridized carbons (Fsp3) is 0.294. The summed E-state index contributed by atoms with van der Waals surface area (Å²) in [5.41, 5.74) is 1.29. The number of sulfone groups is 2. The smallest absolute Gasteiger partial charge is 0.191 e. The first-order chi connectivity index (χ1) is 11.1. The summed E-state index contributed by atoms with van der Waals surface area (Å²) in [5, 5.41) is 0. The van der Waals surface area contributed by atoms with E-state index in [0.29, 0.717) is 11.1 Å². The Morgan fingerprint density at radius 1 is 0.708 bits per heavy atom. The largest absolute Gasteiger partial charge is 0.278 e. The van der Waals surface area contributed by atoms with Crippen molar-refractivity contribution >= 4 is 19.7 Å². The molecule has 2 aromatic carbocycles. The zero-order valence-electron chi connectivity index (χ0n) is 13.9. The minimum Gasteiger partial charge on any atom is -0.278 e. The lowest BCUT2D eigenvalue weighted by Gasteiger charge is -2.18. The van der Waals surface area contributed by atoms with Crippen molar-refractivity contribution < 1.29 is 16.8 Å². The monoisotopic (exact) mass is 367 g/mol. The molecule has 0 radical (unpaired) electrons. The first kappa shape index (κ1) is 18.6. The van der Waals surface area contributed by atoms with Crippen LogP contribution in [0.1, 0.15) is 11.1 Å². The van der Waals surface area contributed by atoms with E-state index in [-0.39, 0.29) is 21.5 Å². The van der Waals surface area contributed by atoms with Crippen LogP contribution >= 0.6 is 0 Å². The zero-order chi connectivity index (χ0) is 18.0. The molecule has 2 aromatic rings. The second-order valence-corrected chi connectivity index (χ2v) is 9.73. The lowest BCUT2D eigenvalue weighted by atomic mass is 10.2. The molecule has 0 saturated carbocycles. The van der Waals surface area contributed by atoms with Gasteiger partial charge in [0.05, 0.1) is 9.79 Å². The molecule has 7 heteroatoms. The van der Waals surface area contributed by atoms with Gasteiger partial charge in [-0.25, -0.2) is 16.8 Å². The molecular weight excluding hydrogens is 346 g/mol. The van der Waals surface area contributed by atoms with Gasteiger partial charge in [-0.1, -0.05) is 36.4 Å². The van der Waals surface area contributed by atoms with E-state index in [2.05, 4.69) is 0 Å². The van der Waals surface area contributed by atoms with Gasteiger partial charge in [0.2, 0.25) is 0 Å². The van der Waals surface area contributed by atoms with Crippen LogP contribution in [0.15, 0.2) is 58.3 Å². The Balaban J connectivity index is 2.20. The van der Waals surface area contributed by atoms with E-state index in [1.54, 1.807) is 50.2 Å². The summed E-state index contributed by atoms with van der Waals surface area (Å²) < 4.78 is 50.1. The summed E-state index contributed by atoms with van der Waals surface area (Å²) >= 11 is 0. The number of hydrogen-bond acceptors (Lipinski definition) is 5. The van der Waals surface area contributed by atoms with Gasteiger partial charge in [0.25, 0.3) is 0 Å². The topological polar surface area (TPSA) is 71.5 Å². The van der Waals surface area contributed by atoms with Crippen molar-refractivity contribution in [2.45, 2.75) is 23.6 Å². The fourth-order valence-electron chi connectivity index (χ4n) is 2.57. The van der Waals surface area contributed by atoms with Gasteiger partial charge in [-0.15, -0.1) is 0 Å². The van der Waals surface area contributed by atoms with Crippen LogP contribution in [0.5, 0.6) is 0 Å². The molecule has 0 heterocycles. The highest BCUT2D eigenvalue weighted by Crippen LogP contribution is 2.19. The van der Waals surface area contributed by atoms with Crippen LogP contribution in [-0.4, -0.2) is 40.5 Å². The van der Waals surface area contributed by atoms with Gasteiger partial charge in [-0.3, -0.25) is 4.90 Å². The molecule has 0 aliphatic rings. The van der Waals surface area contributed by atoms with Crippen LogP contribution in [-0.2, 0) is 19.7 Å². The zero-order valence-corrected chi connectivity index (χ0v) is 15.6. The van der Waals surface area contributed by atoms with Gasteiger partial charge in [0.15, 0.2) is 19.7 Å². The number of nitrogens with zero attached hydrogens (tertiary/aromatic N) is 1. The molecular formula is C17H21NO4S2. The Kier molecular flexibility index (Phi) is 5.47. The second kappa shape index (κ2) is 7.04. The molecule has 0 saturated heterocycles. The third kappa shape index (κ3) is 4.23. The quantitative estimate of drug-likeness (QED) is 0.784. The van der Waals surface area contributed by atoms with Crippen molar-refractivity contribution in [3.63, 3.8) is 0 Å². The number of aryl methyl sites for hydroxylation is 2. The summed E-state index contributed by atoms with van der Waals surface area (Å²) in [7, 11) is -5.70. The Morgan fingerprint density at radius 2 is 1.04 bits per heavy atom. The average molecular weight is 367 g/mol. The van der Waals surface area contributed by atoms with Crippen molar-refractivity contribution in [3.8, 4) is 0 Å². The van der Waals surface area contributed by atoms with E-state index in [4.69, 9.17) is 0 Å². The molecule has 0 aliphatic heterocycles. The van der Waals surface area contributed by atoms with Gasteiger partial charge in [0.1, 0.15) is 11.8 Å². The van der Waals surface area contributed by atoms with Gasteiger partial charge in [0, 0.05) is 0 Å². The molecule has 0 fully saturated rings. The number of rotatable bonds is 6. The van der Waals surface area contributed by atoms with Crippen molar-refractivity contribution in [2.24, 2.45) is 0 Å². The Morgan fingerprint density at radius 3 is 1.38 bits per heavy atom. The first-order valence-corrected chi connectivity index (χ1v) is 10.7. The number of hydrogen-bond donors (Lipinski definition) is 0. The van der Waals surface area contributed by atoms with Crippen molar-refractivity contribution in [1.82, 2.24) is 4.90 Å². The van der Waals surface area contributed by atoms with E-state index in [0.717, 1.165) is 0 Å².